The molecular weight excluding hydrogens is 250 g/mol. The normalized spacial score (nSPS) is 10.4. The molecule has 0 saturated carbocycles. The molecule has 5 heteroatoms. The topological polar surface area (TPSA) is 51.5 Å². The molecule has 96 valence electrons. The van der Waals surface area contributed by atoms with Crippen molar-refractivity contribution in [1.82, 2.24) is 5.48 Å². The van der Waals surface area contributed by atoms with Crippen LogP contribution in [0.15, 0.2) is 40.3 Å². The third kappa shape index (κ3) is 4.35. The highest BCUT2D eigenvalue weighted by atomic mass is 32.1. The molecule has 0 spiro atoms. The first-order valence-corrected chi connectivity index (χ1v) is 6.68. The highest BCUT2D eigenvalue weighted by Crippen LogP contribution is 2.08. The first kappa shape index (κ1) is 12.9. The van der Waals surface area contributed by atoms with Gasteiger partial charge in [-0.1, -0.05) is 6.07 Å². The van der Waals surface area contributed by atoms with E-state index in [0.29, 0.717) is 13.0 Å². The molecule has 0 unspecified atom stereocenters. The molecule has 0 radical (unpaired) electrons. The lowest BCUT2D eigenvalue weighted by Gasteiger charge is -2.04. The Bertz CT molecular complexity index is 451. The predicted octanol–water partition coefficient (Wildman–Crippen LogP) is 2.56. The van der Waals surface area contributed by atoms with Crippen molar-refractivity contribution in [3.05, 3.63) is 46.5 Å². The lowest BCUT2D eigenvalue weighted by atomic mass is 10.3. The minimum atomic E-state index is -0.115. The van der Waals surface area contributed by atoms with Crippen molar-refractivity contribution < 1.29 is 14.0 Å². The van der Waals surface area contributed by atoms with E-state index in [1.165, 1.54) is 0 Å². The van der Waals surface area contributed by atoms with Gasteiger partial charge in [-0.2, -0.15) is 0 Å². The van der Waals surface area contributed by atoms with Gasteiger partial charge in [-0.15, -0.1) is 11.3 Å². The predicted molar refractivity (Wildman–Crippen MR) is 69.1 cm³/mol. The molecule has 2 rings (SSSR count). The van der Waals surface area contributed by atoms with Gasteiger partial charge in [0.1, 0.15) is 5.76 Å². The summed E-state index contributed by atoms with van der Waals surface area (Å²) in [5, 5.41) is 1.95. The molecule has 2 heterocycles. The molecule has 18 heavy (non-hydrogen) atoms. The van der Waals surface area contributed by atoms with E-state index in [0.717, 1.165) is 23.5 Å². The molecule has 0 bridgehead atoms. The first-order valence-electron chi connectivity index (χ1n) is 5.80. The smallest absolute Gasteiger partial charge is 0.248 e. The van der Waals surface area contributed by atoms with E-state index in [1.54, 1.807) is 17.6 Å². The van der Waals surface area contributed by atoms with Gasteiger partial charge in [0.2, 0.25) is 5.91 Å². The molecule has 0 aliphatic rings. The number of carbonyl (C=O) groups excluding carboxylic acids is 1. The van der Waals surface area contributed by atoms with Gasteiger partial charge in [-0.25, -0.2) is 5.48 Å². The molecule has 0 atom stereocenters. The second-order valence-electron chi connectivity index (χ2n) is 3.81. The Kier molecular flexibility index (Phi) is 4.99. The molecule has 1 amide bonds. The van der Waals surface area contributed by atoms with Crippen molar-refractivity contribution in [3.63, 3.8) is 0 Å². The molecule has 0 fully saturated rings. The minimum absolute atomic E-state index is 0.115. The van der Waals surface area contributed by atoms with Crippen LogP contribution in [-0.4, -0.2) is 12.5 Å². The van der Waals surface area contributed by atoms with E-state index in [1.807, 2.05) is 29.6 Å². The quantitative estimate of drug-likeness (QED) is 0.618. The van der Waals surface area contributed by atoms with Gasteiger partial charge in [0, 0.05) is 11.3 Å². The average molecular weight is 265 g/mol. The largest absolute Gasteiger partial charge is 0.469 e. The Morgan fingerprint density at radius 2 is 2.33 bits per heavy atom. The van der Waals surface area contributed by atoms with Gasteiger partial charge < -0.3 is 4.42 Å². The van der Waals surface area contributed by atoms with Crippen molar-refractivity contribution in [2.45, 2.75) is 19.3 Å². The van der Waals surface area contributed by atoms with Crippen LogP contribution >= 0.6 is 11.3 Å². The van der Waals surface area contributed by atoms with Crippen LogP contribution in [0.5, 0.6) is 0 Å². The van der Waals surface area contributed by atoms with Gasteiger partial charge in [0.05, 0.1) is 19.3 Å². The van der Waals surface area contributed by atoms with Crippen molar-refractivity contribution in [3.8, 4) is 0 Å². The van der Waals surface area contributed by atoms with Crippen LogP contribution in [0.1, 0.15) is 17.1 Å². The Morgan fingerprint density at radius 3 is 3.06 bits per heavy atom. The molecule has 4 nitrogen and oxygen atoms in total. The number of furan rings is 1. The number of carbonyl (C=O) groups is 1. The summed E-state index contributed by atoms with van der Waals surface area (Å²) in [6, 6.07) is 7.65. The van der Waals surface area contributed by atoms with Crippen molar-refractivity contribution in [2.75, 3.05) is 6.61 Å². The molecule has 0 saturated heterocycles. The van der Waals surface area contributed by atoms with Crippen LogP contribution in [0, 0.1) is 0 Å². The zero-order valence-electron chi connectivity index (χ0n) is 9.93. The number of thiophene rings is 1. The van der Waals surface area contributed by atoms with Crippen LogP contribution in [-0.2, 0) is 22.5 Å². The van der Waals surface area contributed by atoms with Gasteiger partial charge in [-0.05, 0) is 30.0 Å². The van der Waals surface area contributed by atoms with E-state index in [2.05, 4.69) is 5.48 Å². The van der Waals surface area contributed by atoms with E-state index in [4.69, 9.17) is 9.25 Å². The van der Waals surface area contributed by atoms with Gasteiger partial charge in [0.15, 0.2) is 0 Å². The summed E-state index contributed by atoms with van der Waals surface area (Å²) in [4.78, 5) is 17.6. The summed E-state index contributed by atoms with van der Waals surface area (Å²) < 4.78 is 5.19. The Labute approximate surface area is 110 Å². The maximum absolute atomic E-state index is 11.5. The second-order valence-corrected chi connectivity index (χ2v) is 4.85. The van der Waals surface area contributed by atoms with Gasteiger partial charge in [0.25, 0.3) is 0 Å². The van der Waals surface area contributed by atoms with Gasteiger partial charge >= 0.3 is 0 Å². The number of hydroxylamine groups is 1. The number of hydrogen-bond acceptors (Lipinski definition) is 4. The van der Waals surface area contributed by atoms with E-state index in [9.17, 15) is 4.79 Å². The maximum Gasteiger partial charge on any atom is 0.248 e. The molecule has 0 aliphatic carbocycles. The third-order valence-electron chi connectivity index (χ3n) is 2.35. The van der Waals surface area contributed by atoms with Crippen molar-refractivity contribution in [1.29, 1.82) is 0 Å². The highest BCUT2D eigenvalue weighted by molar-refractivity contribution is 7.10. The molecular formula is C13H15NO3S. The lowest BCUT2D eigenvalue weighted by molar-refractivity contribution is -0.132. The van der Waals surface area contributed by atoms with Crippen LogP contribution in [0.2, 0.25) is 0 Å². The number of amides is 1. The standard InChI is InChI=1S/C13H15NO3S/c15-13(10-12-6-3-9-18-12)14-17-8-2-5-11-4-1-7-16-11/h1,3-4,6-7,9H,2,5,8,10H2,(H,14,15). The molecule has 0 aromatic carbocycles. The molecule has 2 aromatic rings. The summed E-state index contributed by atoms with van der Waals surface area (Å²) in [6.07, 6.45) is 3.65. The van der Waals surface area contributed by atoms with Crippen LogP contribution in [0.4, 0.5) is 0 Å². The Morgan fingerprint density at radius 1 is 1.39 bits per heavy atom. The Hall–Kier alpha value is -1.59. The fourth-order valence-corrected chi connectivity index (χ4v) is 2.22. The van der Waals surface area contributed by atoms with E-state index >= 15 is 0 Å². The van der Waals surface area contributed by atoms with Crippen molar-refractivity contribution >= 4 is 17.2 Å². The first-order chi connectivity index (χ1) is 8.84. The van der Waals surface area contributed by atoms with E-state index < -0.39 is 0 Å². The highest BCUT2D eigenvalue weighted by Gasteiger charge is 2.03. The Balaban J connectivity index is 1.54. The van der Waals surface area contributed by atoms with Crippen LogP contribution in [0.3, 0.4) is 0 Å². The van der Waals surface area contributed by atoms with Crippen LogP contribution in [0.25, 0.3) is 0 Å². The fourth-order valence-electron chi connectivity index (χ4n) is 1.51. The summed E-state index contributed by atoms with van der Waals surface area (Å²) in [7, 11) is 0. The fraction of sp³-hybridized carbons (Fsp3) is 0.308. The number of aryl methyl sites for hydroxylation is 1. The third-order valence-corrected chi connectivity index (χ3v) is 3.23. The monoisotopic (exact) mass is 265 g/mol. The zero-order chi connectivity index (χ0) is 12.6. The summed E-state index contributed by atoms with van der Waals surface area (Å²) in [6.45, 7) is 0.483. The average Bonchev–Trinajstić information content (AvgIpc) is 3.01. The minimum Gasteiger partial charge on any atom is -0.469 e. The van der Waals surface area contributed by atoms with Crippen LogP contribution < -0.4 is 5.48 Å². The number of hydrogen-bond donors (Lipinski definition) is 1. The summed E-state index contributed by atoms with van der Waals surface area (Å²) >= 11 is 1.56. The molecule has 1 N–H and O–H groups in total. The van der Waals surface area contributed by atoms with Crippen molar-refractivity contribution in [2.24, 2.45) is 0 Å². The van der Waals surface area contributed by atoms with Gasteiger partial charge in [-0.3, -0.25) is 9.63 Å². The SMILES string of the molecule is O=C(Cc1cccs1)NOCCCc1ccco1. The zero-order valence-corrected chi connectivity index (χ0v) is 10.7. The molecule has 0 aliphatic heterocycles. The second kappa shape index (κ2) is 6.98. The molecule has 2 aromatic heterocycles. The summed E-state index contributed by atoms with van der Waals surface area (Å²) in [5.41, 5.74) is 2.44. The summed E-state index contributed by atoms with van der Waals surface area (Å²) in [5.74, 6) is 0.818. The van der Waals surface area contributed by atoms with E-state index in [-0.39, 0.29) is 5.91 Å². The lowest BCUT2D eigenvalue weighted by Crippen LogP contribution is -2.25. The number of rotatable bonds is 7. The number of nitrogens with one attached hydrogen (secondary N) is 1. The maximum atomic E-state index is 11.5.